The molecule has 0 spiro atoms. The molecule has 29 heavy (non-hydrogen) atoms. The zero-order chi connectivity index (χ0) is 20.5. The van der Waals surface area contributed by atoms with E-state index in [1.54, 1.807) is 7.11 Å². The van der Waals surface area contributed by atoms with Gasteiger partial charge in [-0.2, -0.15) is 0 Å². The van der Waals surface area contributed by atoms with Gasteiger partial charge in [0, 0.05) is 25.3 Å². The van der Waals surface area contributed by atoms with Crippen molar-refractivity contribution in [2.45, 2.75) is 13.0 Å². The second-order valence-corrected chi connectivity index (χ2v) is 6.71. The Morgan fingerprint density at radius 2 is 1.90 bits per heavy atom. The highest BCUT2D eigenvalue weighted by Crippen LogP contribution is 2.32. The summed E-state index contributed by atoms with van der Waals surface area (Å²) in [7, 11) is 1.64. The molecule has 0 aromatic heterocycles. The van der Waals surface area contributed by atoms with Gasteiger partial charge < -0.3 is 24.8 Å². The number of hydrogen-bond acceptors (Lipinski definition) is 5. The van der Waals surface area contributed by atoms with Crippen LogP contribution in [0.5, 0.6) is 11.5 Å². The number of nitrogens with zero attached hydrogens (tertiary/aromatic N) is 1. The number of para-hydroxylation sites is 1. The summed E-state index contributed by atoms with van der Waals surface area (Å²) in [5.41, 5.74) is 1.82. The van der Waals surface area contributed by atoms with Crippen LogP contribution >= 0.6 is 0 Å². The minimum absolute atomic E-state index is 0.00463. The van der Waals surface area contributed by atoms with Gasteiger partial charge in [-0.25, -0.2) is 4.79 Å². The number of nitrogens with one attached hydrogen (secondary N) is 2. The summed E-state index contributed by atoms with van der Waals surface area (Å²) in [6.07, 6.45) is 0. The maximum atomic E-state index is 12.4. The summed E-state index contributed by atoms with van der Waals surface area (Å²) in [4.78, 5) is 14.7. The summed E-state index contributed by atoms with van der Waals surface area (Å²) in [5, 5.41) is 5.86. The first kappa shape index (κ1) is 21.0. The Hall–Kier alpha value is -2.77. The SMILES string of the molecule is CCOc1ccc([C@@H](CNC(=O)Nc2ccccc2)N2CCOCC2)cc1OC. The third-order valence-electron chi connectivity index (χ3n) is 4.85. The molecular formula is C22H29N3O4. The van der Waals surface area contributed by atoms with Crippen molar-refractivity contribution >= 4 is 11.7 Å². The van der Waals surface area contributed by atoms with Gasteiger partial charge >= 0.3 is 6.03 Å². The molecule has 0 unspecified atom stereocenters. The molecule has 156 valence electrons. The average Bonchev–Trinajstić information content (AvgIpc) is 2.76. The number of rotatable bonds is 8. The Kier molecular flexibility index (Phi) is 7.72. The average molecular weight is 399 g/mol. The van der Waals surface area contributed by atoms with E-state index in [-0.39, 0.29) is 12.1 Å². The largest absolute Gasteiger partial charge is 0.493 e. The van der Waals surface area contributed by atoms with Crippen LogP contribution in [0.25, 0.3) is 0 Å². The minimum atomic E-state index is -0.229. The van der Waals surface area contributed by atoms with E-state index in [4.69, 9.17) is 14.2 Å². The maximum absolute atomic E-state index is 12.4. The van der Waals surface area contributed by atoms with Crippen LogP contribution in [0.4, 0.5) is 10.5 Å². The number of methoxy groups -OCH3 is 1. The van der Waals surface area contributed by atoms with E-state index in [0.29, 0.717) is 37.9 Å². The minimum Gasteiger partial charge on any atom is -0.493 e. The molecule has 2 aromatic rings. The summed E-state index contributed by atoms with van der Waals surface area (Å²) in [6.45, 7) is 5.96. The summed E-state index contributed by atoms with van der Waals surface area (Å²) >= 11 is 0. The first-order valence-corrected chi connectivity index (χ1v) is 9.93. The normalized spacial score (nSPS) is 15.4. The lowest BCUT2D eigenvalue weighted by molar-refractivity contribution is 0.0167. The molecule has 1 heterocycles. The monoisotopic (exact) mass is 399 g/mol. The van der Waals surface area contributed by atoms with Crippen LogP contribution in [-0.2, 0) is 4.74 Å². The molecule has 3 rings (SSSR count). The van der Waals surface area contributed by atoms with Gasteiger partial charge in [-0.1, -0.05) is 24.3 Å². The third-order valence-corrected chi connectivity index (χ3v) is 4.85. The molecule has 1 saturated heterocycles. The predicted octanol–water partition coefficient (Wildman–Crippen LogP) is 3.29. The first-order valence-electron chi connectivity index (χ1n) is 9.93. The smallest absolute Gasteiger partial charge is 0.319 e. The van der Waals surface area contributed by atoms with E-state index >= 15 is 0 Å². The number of urea groups is 1. The number of benzene rings is 2. The number of carbonyl (C=O) groups excluding carboxylic acids is 1. The van der Waals surface area contributed by atoms with Crippen LogP contribution < -0.4 is 20.1 Å². The topological polar surface area (TPSA) is 72.1 Å². The van der Waals surface area contributed by atoms with Gasteiger partial charge in [-0.05, 0) is 36.8 Å². The fourth-order valence-corrected chi connectivity index (χ4v) is 3.40. The second-order valence-electron chi connectivity index (χ2n) is 6.71. The molecule has 1 aliphatic rings. The van der Waals surface area contributed by atoms with Gasteiger partial charge in [0.25, 0.3) is 0 Å². The molecule has 1 aliphatic heterocycles. The van der Waals surface area contributed by atoms with Crippen molar-refractivity contribution in [2.24, 2.45) is 0 Å². The molecule has 0 saturated carbocycles. The Labute approximate surface area is 171 Å². The Balaban J connectivity index is 1.73. The lowest BCUT2D eigenvalue weighted by Crippen LogP contribution is -2.44. The third kappa shape index (κ3) is 5.85. The van der Waals surface area contributed by atoms with Crippen LogP contribution in [0.2, 0.25) is 0 Å². The zero-order valence-electron chi connectivity index (χ0n) is 17.0. The Morgan fingerprint density at radius 1 is 1.14 bits per heavy atom. The molecule has 7 nitrogen and oxygen atoms in total. The highest BCUT2D eigenvalue weighted by molar-refractivity contribution is 5.89. The number of anilines is 1. The summed E-state index contributed by atoms with van der Waals surface area (Å²) < 4.78 is 16.6. The van der Waals surface area contributed by atoms with Crippen LogP contribution in [0, 0.1) is 0 Å². The van der Waals surface area contributed by atoms with Crippen LogP contribution in [-0.4, -0.2) is 57.5 Å². The van der Waals surface area contributed by atoms with Gasteiger partial charge in [0.15, 0.2) is 11.5 Å². The molecule has 2 amide bonds. The van der Waals surface area contributed by atoms with E-state index in [2.05, 4.69) is 15.5 Å². The van der Waals surface area contributed by atoms with Crippen molar-refractivity contribution in [3.63, 3.8) is 0 Å². The van der Waals surface area contributed by atoms with Gasteiger partial charge in [0.05, 0.1) is 33.0 Å². The van der Waals surface area contributed by atoms with E-state index in [1.807, 2.05) is 55.5 Å². The zero-order valence-corrected chi connectivity index (χ0v) is 17.0. The van der Waals surface area contributed by atoms with Crippen molar-refractivity contribution < 1.29 is 19.0 Å². The summed E-state index contributed by atoms with van der Waals surface area (Å²) in [6, 6.07) is 15.1. The first-order chi connectivity index (χ1) is 14.2. The molecule has 0 aliphatic carbocycles. The molecule has 2 aromatic carbocycles. The lowest BCUT2D eigenvalue weighted by atomic mass is 10.0. The number of amides is 2. The molecule has 1 atom stereocenters. The molecule has 0 bridgehead atoms. The van der Waals surface area contributed by atoms with Crippen LogP contribution in [0.15, 0.2) is 48.5 Å². The highest BCUT2D eigenvalue weighted by Gasteiger charge is 2.24. The van der Waals surface area contributed by atoms with E-state index in [1.165, 1.54) is 0 Å². The second kappa shape index (κ2) is 10.7. The van der Waals surface area contributed by atoms with Gasteiger partial charge in [0.1, 0.15) is 0 Å². The van der Waals surface area contributed by atoms with Crippen LogP contribution in [0.1, 0.15) is 18.5 Å². The van der Waals surface area contributed by atoms with Gasteiger partial charge in [0.2, 0.25) is 0 Å². The standard InChI is InChI=1S/C22H29N3O4/c1-3-29-20-10-9-17(15-21(20)27-2)19(25-11-13-28-14-12-25)16-23-22(26)24-18-7-5-4-6-8-18/h4-10,15,19H,3,11-14,16H2,1-2H3,(H2,23,24,26)/t19-/m1/s1. The lowest BCUT2D eigenvalue weighted by Gasteiger charge is -2.35. The molecular weight excluding hydrogens is 370 g/mol. The number of hydrogen-bond donors (Lipinski definition) is 2. The fraction of sp³-hybridized carbons (Fsp3) is 0.409. The number of carbonyl (C=O) groups is 1. The molecule has 0 radical (unpaired) electrons. The van der Waals surface area contributed by atoms with Crippen molar-refractivity contribution in [2.75, 3.05) is 51.9 Å². The van der Waals surface area contributed by atoms with Crippen molar-refractivity contribution in [1.29, 1.82) is 0 Å². The highest BCUT2D eigenvalue weighted by atomic mass is 16.5. The number of ether oxygens (including phenoxy) is 3. The van der Waals surface area contributed by atoms with Gasteiger partial charge in [-0.3, -0.25) is 4.90 Å². The number of morpholine rings is 1. The predicted molar refractivity (Wildman–Crippen MR) is 113 cm³/mol. The van der Waals surface area contributed by atoms with Crippen molar-refractivity contribution in [1.82, 2.24) is 10.2 Å². The van der Waals surface area contributed by atoms with Crippen LogP contribution in [0.3, 0.4) is 0 Å². The molecule has 7 heteroatoms. The van der Waals surface area contributed by atoms with E-state index < -0.39 is 0 Å². The quantitative estimate of drug-likeness (QED) is 0.713. The van der Waals surface area contributed by atoms with E-state index in [0.717, 1.165) is 24.3 Å². The van der Waals surface area contributed by atoms with E-state index in [9.17, 15) is 4.79 Å². The molecule has 1 fully saturated rings. The summed E-state index contributed by atoms with van der Waals surface area (Å²) in [5.74, 6) is 1.41. The van der Waals surface area contributed by atoms with Crippen molar-refractivity contribution in [3.05, 3.63) is 54.1 Å². The van der Waals surface area contributed by atoms with Gasteiger partial charge in [-0.15, -0.1) is 0 Å². The van der Waals surface area contributed by atoms with Crippen molar-refractivity contribution in [3.8, 4) is 11.5 Å². The Morgan fingerprint density at radius 3 is 2.59 bits per heavy atom. The Bertz CT molecular complexity index is 779. The maximum Gasteiger partial charge on any atom is 0.319 e. The fourth-order valence-electron chi connectivity index (χ4n) is 3.40. The molecule has 2 N–H and O–H groups in total.